The van der Waals surface area contributed by atoms with Crippen LogP contribution in [0.25, 0.3) is 0 Å². The van der Waals surface area contributed by atoms with E-state index in [9.17, 15) is 4.79 Å². The van der Waals surface area contributed by atoms with Crippen molar-refractivity contribution >= 4 is 27.6 Å². The second kappa shape index (κ2) is 6.30. The van der Waals surface area contributed by atoms with E-state index >= 15 is 0 Å². The number of hydrogen-bond acceptors (Lipinski definition) is 2. The standard InChI is InChI=1S/C15H17BrN4O/c16-13-3-2-12-4-8-20(14(12)10-13)15(21)18-5-1-7-19-9-6-17-11-19/h2-3,6,9-11H,1,4-5,7-8H2,(H,18,21). The molecule has 0 spiro atoms. The van der Waals surface area contributed by atoms with Crippen LogP contribution in [0, 0.1) is 0 Å². The van der Waals surface area contributed by atoms with Crippen LogP contribution in [0.1, 0.15) is 12.0 Å². The van der Waals surface area contributed by atoms with E-state index in [1.807, 2.05) is 27.8 Å². The Morgan fingerprint density at radius 2 is 2.33 bits per heavy atom. The summed E-state index contributed by atoms with van der Waals surface area (Å²) in [5.41, 5.74) is 2.24. The molecule has 0 saturated heterocycles. The number of carbonyl (C=O) groups is 1. The molecule has 2 aromatic rings. The summed E-state index contributed by atoms with van der Waals surface area (Å²) in [5, 5.41) is 2.99. The fraction of sp³-hybridized carbons (Fsp3) is 0.333. The summed E-state index contributed by atoms with van der Waals surface area (Å²) in [4.78, 5) is 18.1. The van der Waals surface area contributed by atoms with Crippen LogP contribution >= 0.6 is 15.9 Å². The lowest BCUT2D eigenvalue weighted by Gasteiger charge is -2.18. The highest BCUT2D eigenvalue weighted by molar-refractivity contribution is 9.10. The fourth-order valence-electron chi connectivity index (χ4n) is 2.53. The Labute approximate surface area is 132 Å². The molecule has 2 amide bonds. The van der Waals surface area contributed by atoms with E-state index in [1.165, 1.54) is 5.56 Å². The van der Waals surface area contributed by atoms with Gasteiger partial charge in [-0.2, -0.15) is 0 Å². The molecular weight excluding hydrogens is 332 g/mol. The first-order valence-electron chi connectivity index (χ1n) is 7.03. The molecule has 6 heteroatoms. The first kappa shape index (κ1) is 14.1. The summed E-state index contributed by atoms with van der Waals surface area (Å²) < 4.78 is 3.01. The molecule has 0 radical (unpaired) electrons. The second-order valence-electron chi connectivity index (χ2n) is 5.06. The van der Waals surface area contributed by atoms with Gasteiger partial charge in [-0.3, -0.25) is 4.90 Å². The molecule has 5 nitrogen and oxygen atoms in total. The van der Waals surface area contributed by atoms with Gasteiger partial charge in [0.05, 0.1) is 6.33 Å². The van der Waals surface area contributed by atoms with Crippen LogP contribution < -0.4 is 10.2 Å². The van der Waals surface area contributed by atoms with Crippen LogP contribution in [-0.2, 0) is 13.0 Å². The number of halogens is 1. The van der Waals surface area contributed by atoms with E-state index in [-0.39, 0.29) is 6.03 Å². The lowest BCUT2D eigenvalue weighted by atomic mass is 10.2. The van der Waals surface area contributed by atoms with Crippen molar-refractivity contribution in [1.29, 1.82) is 0 Å². The molecular formula is C15H17BrN4O. The van der Waals surface area contributed by atoms with Crippen molar-refractivity contribution in [2.24, 2.45) is 0 Å². The van der Waals surface area contributed by atoms with E-state index < -0.39 is 0 Å². The molecule has 21 heavy (non-hydrogen) atoms. The summed E-state index contributed by atoms with van der Waals surface area (Å²) in [6.45, 7) is 2.28. The highest BCUT2D eigenvalue weighted by Crippen LogP contribution is 2.30. The zero-order valence-electron chi connectivity index (χ0n) is 11.6. The zero-order chi connectivity index (χ0) is 14.7. The molecule has 1 aliphatic rings. The third kappa shape index (κ3) is 3.26. The van der Waals surface area contributed by atoms with E-state index in [0.29, 0.717) is 6.54 Å². The van der Waals surface area contributed by atoms with E-state index in [2.05, 4.69) is 32.3 Å². The summed E-state index contributed by atoms with van der Waals surface area (Å²) in [5.74, 6) is 0. The van der Waals surface area contributed by atoms with Crippen molar-refractivity contribution in [1.82, 2.24) is 14.9 Å². The molecule has 0 aliphatic carbocycles. The quantitative estimate of drug-likeness (QED) is 0.863. The largest absolute Gasteiger partial charge is 0.338 e. The Bertz CT molecular complexity index is 627. The van der Waals surface area contributed by atoms with Crippen LogP contribution in [0.4, 0.5) is 10.5 Å². The zero-order valence-corrected chi connectivity index (χ0v) is 13.2. The third-order valence-corrected chi connectivity index (χ3v) is 4.11. The lowest BCUT2D eigenvalue weighted by Crippen LogP contribution is -2.39. The number of nitrogens with zero attached hydrogens (tertiary/aromatic N) is 3. The topological polar surface area (TPSA) is 50.2 Å². The molecule has 110 valence electrons. The molecule has 0 unspecified atom stereocenters. The maximum absolute atomic E-state index is 12.3. The van der Waals surface area contributed by atoms with Crippen molar-refractivity contribution in [2.45, 2.75) is 19.4 Å². The Morgan fingerprint density at radius 1 is 1.43 bits per heavy atom. The van der Waals surface area contributed by atoms with E-state index in [0.717, 1.165) is 36.1 Å². The minimum atomic E-state index is -0.0162. The number of amides is 2. The number of urea groups is 1. The molecule has 3 rings (SSSR count). The number of aromatic nitrogens is 2. The highest BCUT2D eigenvalue weighted by atomic mass is 79.9. The van der Waals surface area contributed by atoms with Crippen molar-refractivity contribution in [2.75, 3.05) is 18.0 Å². The molecule has 0 saturated carbocycles. The monoisotopic (exact) mass is 348 g/mol. The molecule has 2 heterocycles. The molecule has 1 aromatic carbocycles. The molecule has 0 fully saturated rings. The summed E-state index contributed by atoms with van der Waals surface area (Å²) >= 11 is 3.46. The van der Waals surface area contributed by atoms with Gasteiger partial charge in [-0.25, -0.2) is 9.78 Å². The van der Waals surface area contributed by atoms with Gasteiger partial charge in [0.25, 0.3) is 0 Å². The highest BCUT2D eigenvalue weighted by Gasteiger charge is 2.24. The number of rotatable bonds is 4. The van der Waals surface area contributed by atoms with Gasteiger partial charge in [0, 0.05) is 42.2 Å². The number of carbonyl (C=O) groups excluding carboxylic acids is 1. The number of benzene rings is 1. The second-order valence-corrected chi connectivity index (χ2v) is 5.98. The number of aryl methyl sites for hydroxylation is 1. The van der Waals surface area contributed by atoms with E-state index in [4.69, 9.17) is 0 Å². The van der Waals surface area contributed by atoms with Crippen LogP contribution in [0.15, 0.2) is 41.4 Å². The van der Waals surface area contributed by atoms with Gasteiger partial charge in [0.2, 0.25) is 0 Å². The minimum Gasteiger partial charge on any atom is -0.338 e. The third-order valence-electron chi connectivity index (χ3n) is 3.62. The normalized spacial score (nSPS) is 13.3. The fourth-order valence-corrected chi connectivity index (χ4v) is 2.88. The van der Waals surface area contributed by atoms with Crippen LogP contribution in [0.2, 0.25) is 0 Å². The maximum Gasteiger partial charge on any atom is 0.321 e. The average molecular weight is 349 g/mol. The summed E-state index contributed by atoms with van der Waals surface area (Å²) in [7, 11) is 0. The van der Waals surface area contributed by atoms with Crippen LogP contribution in [0.5, 0.6) is 0 Å². The first-order valence-corrected chi connectivity index (χ1v) is 7.83. The summed E-state index contributed by atoms with van der Waals surface area (Å²) in [6, 6.07) is 6.09. The van der Waals surface area contributed by atoms with E-state index in [1.54, 1.807) is 12.5 Å². The molecule has 1 aromatic heterocycles. The number of nitrogens with one attached hydrogen (secondary N) is 1. The van der Waals surface area contributed by atoms with Gasteiger partial charge in [-0.05, 0) is 30.5 Å². The maximum atomic E-state index is 12.3. The predicted octanol–water partition coefficient (Wildman–Crippen LogP) is 2.81. The van der Waals surface area contributed by atoms with Gasteiger partial charge in [-0.15, -0.1) is 0 Å². The lowest BCUT2D eigenvalue weighted by molar-refractivity contribution is 0.246. The SMILES string of the molecule is O=C(NCCCn1ccnc1)N1CCc2ccc(Br)cc21. The van der Waals surface area contributed by atoms with Crippen LogP contribution in [0.3, 0.4) is 0 Å². The Morgan fingerprint density at radius 3 is 3.14 bits per heavy atom. The molecule has 0 atom stereocenters. The Kier molecular flexibility index (Phi) is 4.24. The first-order chi connectivity index (χ1) is 10.2. The molecule has 0 bridgehead atoms. The number of anilines is 1. The predicted molar refractivity (Wildman–Crippen MR) is 85.4 cm³/mol. The van der Waals surface area contributed by atoms with Gasteiger partial charge >= 0.3 is 6.03 Å². The number of hydrogen-bond donors (Lipinski definition) is 1. The molecule has 1 aliphatic heterocycles. The van der Waals surface area contributed by atoms with Crippen molar-refractivity contribution < 1.29 is 4.79 Å². The van der Waals surface area contributed by atoms with Gasteiger partial charge in [-0.1, -0.05) is 22.0 Å². The molecule has 1 N–H and O–H groups in total. The van der Waals surface area contributed by atoms with Gasteiger partial charge < -0.3 is 9.88 Å². The van der Waals surface area contributed by atoms with Crippen LogP contribution in [-0.4, -0.2) is 28.7 Å². The Balaban J connectivity index is 1.52. The number of fused-ring (bicyclic) bond motifs is 1. The van der Waals surface area contributed by atoms with Crippen molar-refractivity contribution in [3.63, 3.8) is 0 Å². The summed E-state index contributed by atoms with van der Waals surface area (Å²) in [6.07, 6.45) is 7.29. The number of imidazole rings is 1. The smallest absolute Gasteiger partial charge is 0.321 e. The van der Waals surface area contributed by atoms with Crippen molar-refractivity contribution in [3.8, 4) is 0 Å². The minimum absolute atomic E-state index is 0.0162. The average Bonchev–Trinajstić information content (AvgIpc) is 3.12. The van der Waals surface area contributed by atoms with Gasteiger partial charge in [0.1, 0.15) is 0 Å². The van der Waals surface area contributed by atoms with Crippen molar-refractivity contribution in [3.05, 3.63) is 47.0 Å². The Hall–Kier alpha value is -1.82. The van der Waals surface area contributed by atoms with Gasteiger partial charge in [0.15, 0.2) is 0 Å².